The highest BCUT2D eigenvalue weighted by Gasteiger charge is 2.42. The van der Waals surface area contributed by atoms with Crippen molar-refractivity contribution in [2.45, 2.75) is 31.6 Å². The number of ether oxygens (including phenoxy) is 2. The highest BCUT2D eigenvalue weighted by molar-refractivity contribution is 7.10. The van der Waals surface area contributed by atoms with Crippen LogP contribution in [0.4, 0.5) is 5.82 Å². The van der Waals surface area contributed by atoms with E-state index in [2.05, 4.69) is 11.4 Å². The zero-order valence-corrected chi connectivity index (χ0v) is 22.5. The number of aryl methyl sites for hydroxylation is 1. The molecule has 2 aromatic heterocycles. The zero-order chi connectivity index (χ0) is 27.3. The molecule has 39 heavy (non-hydrogen) atoms. The largest absolute Gasteiger partial charge is 0.497 e. The van der Waals surface area contributed by atoms with Crippen molar-refractivity contribution in [3.05, 3.63) is 98.5 Å². The minimum Gasteiger partial charge on any atom is -0.497 e. The fourth-order valence-electron chi connectivity index (χ4n) is 5.78. The zero-order valence-electron chi connectivity index (χ0n) is 21.7. The van der Waals surface area contributed by atoms with Crippen molar-refractivity contribution in [3.63, 3.8) is 0 Å². The lowest BCUT2D eigenvalue weighted by atomic mass is 9.73. The van der Waals surface area contributed by atoms with E-state index in [0.29, 0.717) is 47.1 Å². The number of thiophene rings is 1. The Morgan fingerprint density at radius 1 is 1.10 bits per heavy atom. The molecule has 3 heterocycles. The molecule has 0 bridgehead atoms. The van der Waals surface area contributed by atoms with Gasteiger partial charge in [-0.25, -0.2) is 9.48 Å². The summed E-state index contributed by atoms with van der Waals surface area (Å²) < 4.78 is 12.9. The third-order valence-electron chi connectivity index (χ3n) is 7.52. The minimum absolute atomic E-state index is 0.0625. The first-order valence-corrected chi connectivity index (χ1v) is 13.5. The molecule has 2 aromatic carbocycles. The van der Waals surface area contributed by atoms with E-state index in [-0.39, 0.29) is 17.3 Å². The number of nitrogens with one attached hydrogen (secondary N) is 1. The van der Waals surface area contributed by atoms with E-state index in [4.69, 9.17) is 14.6 Å². The number of fused-ring (bicyclic) bond motifs is 1. The molecule has 0 fully saturated rings. The molecule has 2 N–H and O–H groups in total. The van der Waals surface area contributed by atoms with E-state index in [0.717, 1.165) is 16.8 Å². The lowest BCUT2D eigenvalue weighted by Crippen LogP contribution is -2.30. The molecule has 0 radical (unpaired) electrons. The number of anilines is 1. The molecule has 0 amide bonds. The van der Waals surface area contributed by atoms with Gasteiger partial charge in [-0.1, -0.05) is 24.3 Å². The molecule has 1 aliphatic carbocycles. The summed E-state index contributed by atoms with van der Waals surface area (Å²) in [6, 6.07) is 16.5. The second-order valence-electron chi connectivity index (χ2n) is 9.68. The number of ketones is 1. The first-order valence-electron chi connectivity index (χ1n) is 12.6. The summed E-state index contributed by atoms with van der Waals surface area (Å²) in [5.41, 5.74) is 4.45. The van der Waals surface area contributed by atoms with E-state index < -0.39 is 11.9 Å². The van der Waals surface area contributed by atoms with Gasteiger partial charge >= 0.3 is 5.97 Å². The molecule has 198 valence electrons. The number of hydrogen-bond acceptors (Lipinski definition) is 7. The third-order valence-corrected chi connectivity index (χ3v) is 8.56. The molecule has 2 aliphatic rings. The standard InChI is InChI=1S/C30H27N3O5S/c1-16-26-27(20-11-10-18(37-2)15-24(20)38-3)28-21(13-17(14-23(28)34)25-9-6-12-39-25)31-29(26)33(32-16)22-8-5-4-7-19(22)30(35)36/h4-12,15,17,27,31H,13-14H2,1-3H3,(H,35,36)/t17-,27+/m0/s1. The number of carbonyl (C=O) groups is 2. The molecule has 6 rings (SSSR count). The number of Topliss-reactive ketones (excluding diaryl/α,β-unsaturated/α-hetero) is 1. The van der Waals surface area contributed by atoms with Crippen LogP contribution in [0, 0.1) is 6.92 Å². The summed E-state index contributed by atoms with van der Waals surface area (Å²) in [5.74, 6) is 0.560. The summed E-state index contributed by atoms with van der Waals surface area (Å²) in [4.78, 5) is 27.2. The average molecular weight is 542 g/mol. The SMILES string of the molecule is COc1ccc([C@H]2C3=C(C[C@H](c4cccs4)CC3=O)Nc3c2c(C)nn3-c2ccccc2C(=O)O)c(OC)c1. The maximum absolute atomic E-state index is 13.9. The molecule has 1 aliphatic heterocycles. The van der Waals surface area contributed by atoms with Crippen molar-refractivity contribution in [1.82, 2.24) is 9.78 Å². The molecule has 8 nitrogen and oxygen atoms in total. The monoisotopic (exact) mass is 541 g/mol. The van der Waals surface area contributed by atoms with Crippen LogP contribution >= 0.6 is 11.3 Å². The number of nitrogens with zero attached hydrogens (tertiary/aromatic N) is 2. The second-order valence-corrected chi connectivity index (χ2v) is 10.7. The molecule has 2 atom stereocenters. The Hall–Kier alpha value is -4.37. The number of benzene rings is 2. The van der Waals surface area contributed by atoms with E-state index in [1.807, 2.05) is 36.6 Å². The van der Waals surface area contributed by atoms with Gasteiger partial charge < -0.3 is 19.9 Å². The molecule has 0 saturated carbocycles. The molecular formula is C30H27N3O5S. The van der Waals surface area contributed by atoms with Gasteiger partial charge in [0.05, 0.1) is 31.2 Å². The predicted octanol–water partition coefficient (Wildman–Crippen LogP) is 5.92. The number of aromatic nitrogens is 2. The smallest absolute Gasteiger partial charge is 0.337 e. The summed E-state index contributed by atoms with van der Waals surface area (Å²) in [5, 5.41) is 20.3. The Balaban J connectivity index is 1.59. The van der Waals surface area contributed by atoms with Gasteiger partial charge in [0.15, 0.2) is 5.78 Å². The van der Waals surface area contributed by atoms with Crippen molar-refractivity contribution < 1.29 is 24.2 Å². The van der Waals surface area contributed by atoms with Gasteiger partial charge in [-0.2, -0.15) is 5.10 Å². The molecule has 0 unspecified atom stereocenters. The van der Waals surface area contributed by atoms with Gasteiger partial charge in [0.2, 0.25) is 0 Å². The van der Waals surface area contributed by atoms with Crippen LogP contribution in [0.25, 0.3) is 5.69 Å². The van der Waals surface area contributed by atoms with Crippen LogP contribution in [-0.2, 0) is 4.79 Å². The number of aromatic carboxylic acids is 1. The lowest BCUT2D eigenvalue weighted by molar-refractivity contribution is -0.116. The minimum atomic E-state index is -1.04. The maximum atomic E-state index is 13.9. The Labute approximate surface area is 229 Å². The fourth-order valence-corrected chi connectivity index (χ4v) is 6.61. The summed E-state index contributed by atoms with van der Waals surface area (Å²) >= 11 is 1.65. The van der Waals surface area contributed by atoms with Gasteiger partial charge in [0, 0.05) is 51.6 Å². The van der Waals surface area contributed by atoms with E-state index >= 15 is 0 Å². The number of allylic oxidation sites excluding steroid dienone is 2. The fraction of sp³-hybridized carbons (Fsp3) is 0.233. The van der Waals surface area contributed by atoms with E-state index in [1.54, 1.807) is 54.5 Å². The Bertz CT molecular complexity index is 1640. The average Bonchev–Trinajstić information content (AvgIpc) is 3.60. The van der Waals surface area contributed by atoms with Crippen LogP contribution < -0.4 is 14.8 Å². The number of hydrogen-bond donors (Lipinski definition) is 2. The van der Waals surface area contributed by atoms with Gasteiger partial charge in [-0.05, 0) is 43.0 Å². The summed E-state index contributed by atoms with van der Waals surface area (Å²) in [6.45, 7) is 1.89. The van der Waals surface area contributed by atoms with Crippen molar-refractivity contribution in [1.29, 1.82) is 0 Å². The van der Waals surface area contributed by atoms with Gasteiger partial charge in [0.25, 0.3) is 0 Å². The first kappa shape index (κ1) is 24.9. The van der Waals surface area contributed by atoms with Crippen LogP contribution in [0.3, 0.4) is 0 Å². The molecule has 4 aromatic rings. The number of rotatable bonds is 6. The van der Waals surface area contributed by atoms with Crippen LogP contribution in [-0.4, -0.2) is 40.9 Å². The van der Waals surface area contributed by atoms with Gasteiger partial charge in [-0.15, -0.1) is 11.3 Å². The van der Waals surface area contributed by atoms with Crippen molar-refractivity contribution in [2.24, 2.45) is 0 Å². The van der Waals surface area contributed by atoms with Crippen LogP contribution in [0.15, 0.2) is 71.2 Å². The van der Waals surface area contributed by atoms with Gasteiger partial charge in [0.1, 0.15) is 17.3 Å². The number of methoxy groups -OCH3 is 2. The number of para-hydroxylation sites is 1. The van der Waals surface area contributed by atoms with E-state index in [9.17, 15) is 14.7 Å². The van der Waals surface area contributed by atoms with Crippen molar-refractivity contribution >= 4 is 28.9 Å². The maximum Gasteiger partial charge on any atom is 0.337 e. The highest BCUT2D eigenvalue weighted by atomic mass is 32.1. The number of carbonyl (C=O) groups excluding carboxylic acids is 1. The molecule has 0 saturated heterocycles. The number of carboxylic acids is 1. The van der Waals surface area contributed by atoms with Crippen LogP contribution in [0.2, 0.25) is 0 Å². The summed E-state index contributed by atoms with van der Waals surface area (Å²) in [7, 11) is 3.20. The van der Waals surface area contributed by atoms with E-state index in [1.165, 1.54) is 4.88 Å². The topological polar surface area (TPSA) is 103 Å². The predicted molar refractivity (Wildman–Crippen MR) is 149 cm³/mol. The quantitative estimate of drug-likeness (QED) is 0.313. The number of carboxylic acid groups (broad SMARTS) is 1. The Morgan fingerprint density at radius 2 is 1.92 bits per heavy atom. The highest BCUT2D eigenvalue weighted by Crippen LogP contribution is 2.51. The van der Waals surface area contributed by atoms with Crippen molar-refractivity contribution in [3.8, 4) is 17.2 Å². The van der Waals surface area contributed by atoms with Crippen LogP contribution in [0.1, 0.15) is 56.7 Å². The van der Waals surface area contributed by atoms with Crippen molar-refractivity contribution in [2.75, 3.05) is 19.5 Å². The van der Waals surface area contributed by atoms with Gasteiger partial charge in [-0.3, -0.25) is 4.79 Å². The summed E-state index contributed by atoms with van der Waals surface area (Å²) in [6.07, 6.45) is 1.07. The molecule has 0 spiro atoms. The Morgan fingerprint density at radius 3 is 2.64 bits per heavy atom. The molecule has 9 heteroatoms. The normalized spacial score (nSPS) is 18.3. The Kier molecular flexibility index (Phi) is 6.23. The lowest BCUT2D eigenvalue weighted by Gasteiger charge is -2.36. The first-order chi connectivity index (χ1) is 18.9. The third kappa shape index (κ3) is 4.10. The second kappa shape index (κ2) is 9.74. The van der Waals surface area contributed by atoms with Crippen LogP contribution in [0.5, 0.6) is 11.5 Å². The molecular weight excluding hydrogens is 514 g/mol.